The van der Waals surface area contributed by atoms with Crippen molar-refractivity contribution < 1.29 is 19.1 Å². The van der Waals surface area contributed by atoms with Crippen molar-refractivity contribution in [1.29, 1.82) is 0 Å². The van der Waals surface area contributed by atoms with Gasteiger partial charge < -0.3 is 19.3 Å². The molecule has 2 aliphatic rings. The molecule has 1 saturated heterocycles. The van der Waals surface area contributed by atoms with Crippen LogP contribution in [0.25, 0.3) is 11.1 Å². The Morgan fingerprint density at radius 2 is 1.49 bits per heavy atom. The lowest BCUT2D eigenvalue weighted by Crippen LogP contribution is -2.43. The van der Waals surface area contributed by atoms with Gasteiger partial charge in [0.1, 0.15) is 0 Å². The van der Waals surface area contributed by atoms with Gasteiger partial charge >= 0.3 is 12.0 Å². The van der Waals surface area contributed by atoms with E-state index in [0.29, 0.717) is 13.1 Å². The van der Waals surface area contributed by atoms with Crippen LogP contribution in [0, 0.1) is 20.8 Å². The van der Waals surface area contributed by atoms with E-state index in [0.717, 1.165) is 59.3 Å². The smallest absolute Gasteiger partial charge is 0.339 e. The van der Waals surface area contributed by atoms with Gasteiger partial charge in [-0.25, -0.2) is 9.59 Å². The summed E-state index contributed by atoms with van der Waals surface area (Å²) in [5.74, 6) is -0.382. The quantitative estimate of drug-likeness (QED) is 0.428. The Labute approximate surface area is 221 Å². The van der Waals surface area contributed by atoms with Crippen LogP contribution in [0.4, 0.5) is 4.79 Å². The minimum Gasteiger partial charge on any atom is -0.464 e. The highest BCUT2D eigenvalue weighted by Crippen LogP contribution is 2.44. The molecule has 2 amide bonds. The number of ether oxygens (including phenoxy) is 2. The largest absolute Gasteiger partial charge is 0.464 e. The summed E-state index contributed by atoms with van der Waals surface area (Å²) in [6.45, 7) is 17.0. The minimum absolute atomic E-state index is 0.112. The van der Waals surface area contributed by atoms with Crippen LogP contribution >= 0.6 is 0 Å². The molecule has 0 N–H and O–H groups in total. The first-order valence-electron chi connectivity index (χ1n) is 13.6. The van der Waals surface area contributed by atoms with E-state index in [2.05, 4.69) is 45.0 Å². The van der Waals surface area contributed by atoms with Gasteiger partial charge in [0.15, 0.2) is 6.10 Å². The minimum atomic E-state index is -0.868. The molecule has 2 aromatic rings. The summed E-state index contributed by atoms with van der Waals surface area (Å²) < 4.78 is 12.0. The maximum Gasteiger partial charge on any atom is 0.339 e. The molecule has 37 heavy (non-hydrogen) atoms. The topological polar surface area (TPSA) is 59.1 Å². The number of urea groups is 1. The maximum absolute atomic E-state index is 13.4. The van der Waals surface area contributed by atoms with E-state index in [4.69, 9.17) is 9.47 Å². The number of hydrogen-bond acceptors (Lipinski definition) is 4. The zero-order chi connectivity index (χ0) is 26.9. The molecule has 0 spiro atoms. The molecule has 1 fully saturated rings. The van der Waals surface area contributed by atoms with Gasteiger partial charge in [-0.2, -0.15) is 0 Å². The van der Waals surface area contributed by atoms with E-state index in [-0.39, 0.29) is 18.6 Å². The summed E-state index contributed by atoms with van der Waals surface area (Å²) >= 11 is 0. The molecule has 0 radical (unpaired) electrons. The lowest BCUT2D eigenvalue weighted by atomic mass is 9.83. The number of carbonyl (C=O) groups excluding carboxylic acids is 2. The van der Waals surface area contributed by atoms with Gasteiger partial charge in [0.05, 0.1) is 12.2 Å². The standard InChI is InChI=1S/C31H42N2O4/c1-8-36-29(34)28(37-31(5,6)7)27-22(4)25-19-33(30(35)32-16-10-9-11-17-32)18-24(25)21(3)26(27)23-14-12-20(2)13-15-23/h12-15,28H,8-11,16-19H2,1-7H3/t28-/m0/s1. The summed E-state index contributed by atoms with van der Waals surface area (Å²) in [7, 11) is 0. The Bertz CT molecular complexity index is 1160. The van der Waals surface area contributed by atoms with Crippen molar-refractivity contribution >= 4 is 12.0 Å². The van der Waals surface area contributed by atoms with Crippen LogP contribution in [0.1, 0.15) is 86.4 Å². The summed E-state index contributed by atoms with van der Waals surface area (Å²) in [5.41, 5.74) is 7.92. The predicted octanol–water partition coefficient (Wildman–Crippen LogP) is 6.62. The number of rotatable bonds is 5. The van der Waals surface area contributed by atoms with Gasteiger partial charge in [-0.1, -0.05) is 29.8 Å². The van der Waals surface area contributed by atoms with Gasteiger partial charge in [0.25, 0.3) is 0 Å². The molecule has 200 valence electrons. The number of benzene rings is 2. The van der Waals surface area contributed by atoms with Gasteiger partial charge in [-0.3, -0.25) is 0 Å². The molecule has 0 aromatic heterocycles. The predicted molar refractivity (Wildman–Crippen MR) is 146 cm³/mol. The molecule has 0 bridgehead atoms. The van der Waals surface area contributed by atoms with Crippen molar-refractivity contribution in [3.05, 3.63) is 57.6 Å². The molecule has 0 unspecified atom stereocenters. The molecular formula is C31H42N2O4. The zero-order valence-electron chi connectivity index (χ0n) is 23.6. The molecule has 2 aromatic carbocycles. The molecule has 2 heterocycles. The Kier molecular flexibility index (Phi) is 7.98. The van der Waals surface area contributed by atoms with Crippen molar-refractivity contribution in [2.45, 2.75) is 92.5 Å². The Balaban J connectivity index is 1.87. The number of hydrogen-bond donors (Lipinski definition) is 0. The molecule has 0 aliphatic carbocycles. The van der Waals surface area contributed by atoms with Crippen LogP contribution in [-0.4, -0.2) is 47.1 Å². The van der Waals surface area contributed by atoms with Gasteiger partial charge in [-0.05, 0) is 101 Å². The number of aryl methyl sites for hydroxylation is 1. The third kappa shape index (κ3) is 5.69. The summed E-state index contributed by atoms with van der Waals surface area (Å²) in [6, 6.07) is 8.52. The number of amides is 2. The second kappa shape index (κ2) is 10.9. The van der Waals surface area contributed by atoms with Crippen LogP contribution in [0.2, 0.25) is 0 Å². The third-order valence-electron chi connectivity index (χ3n) is 7.49. The fourth-order valence-corrected chi connectivity index (χ4v) is 5.66. The van der Waals surface area contributed by atoms with Crippen LogP contribution in [0.15, 0.2) is 24.3 Å². The molecule has 4 rings (SSSR count). The van der Waals surface area contributed by atoms with E-state index in [1.165, 1.54) is 17.5 Å². The maximum atomic E-state index is 13.4. The zero-order valence-corrected chi connectivity index (χ0v) is 23.6. The second-order valence-electron chi connectivity index (χ2n) is 11.4. The Morgan fingerprint density at radius 3 is 2.05 bits per heavy atom. The normalized spacial score (nSPS) is 16.5. The summed E-state index contributed by atoms with van der Waals surface area (Å²) in [6.07, 6.45) is 2.45. The molecule has 1 atom stereocenters. The molecule has 6 heteroatoms. The second-order valence-corrected chi connectivity index (χ2v) is 11.4. The van der Waals surface area contributed by atoms with E-state index in [9.17, 15) is 9.59 Å². The lowest BCUT2D eigenvalue weighted by molar-refractivity contribution is -0.166. The van der Waals surface area contributed by atoms with Gasteiger partial charge in [0, 0.05) is 31.7 Å². The number of esters is 1. The van der Waals surface area contributed by atoms with E-state index < -0.39 is 11.7 Å². The number of fused-ring (bicyclic) bond motifs is 1. The van der Waals surface area contributed by atoms with E-state index in [1.54, 1.807) is 0 Å². The van der Waals surface area contributed by atoms with Crippen molar-refractivity contribution in [2.75, 3.05) is 19.7 Å². The number of likely N-dealkylation sites (tertiary alicyclic amines) is 1. The van der Waals surface area contributed by atoms with Crippen molar-refractivity contribution in [1.82, 2.24) is 9.80 Å². The van der Waals surface area contributed by atoms with E-state index in [1.807, 2.05) is 37.5 Å². The van der Waals surface area contributed by atoms with Gasteiger partial charge in [-0.15, -0.1) is 0 Å². The van der Waals surface area contributed by atoms with Crippen molar-refractivity contribution in [3.8, 4) is 11.1 Å². The average molecular weight is 507 g/mol. The monoisotopic (exact) mass is 506 g/mol. The summed E-state index contributed by atoms with van der Waals surface area (Å²) in [5, 5.41) is 0. The Hall–Kier alpha value is -2.86. The van der Waals surface area contributed by atoms with Crippen molar-refractivity contribution in [3.63, 3.8) is 0 Å². The molecular weight excluding hydrogens is 464 g/mol. The highest BCUT2D eigenvalue weighted by molar-refractivity contribution is 5.85. The lowest BCUT2D eigenvalue weighted by Gasteiger charge is -2.31. The highest BCUT2D eigenvalue weighted by Gasteiger charge is 2.37. The molecule has 0 saturated carbocycles. The fourth-order valence-electron chi connectivity index (χ4n) is 5.66. The number of piperidine rings is 1. The first-order valence-corrected chi connectivity index (χ1v) is 13.6. The first-order chi connectivity index (χ1) is 17.5. The van der Waals surface area contributed by atoms with Crippen molar-refractivity contribution in [2.24, 2.45) is 0 Å². The SMILES string of the molecule is CCOC(=O)[C@@H](OC(C)(C)C)c1c(C)c2c(c(C)c1-c1ccc(C)cc1)CN(C(=O)N1CCCCC1)C2. The van der Waals surface area contributed by atoms with E-state index >= 15 is 0 Å². The fraction of sp³-hybridized carbons (Fsp3) is 0.548. The average Bonchev–Trinajstić information content (AvgIpc) is 3.31. The molecule has 6 nitrogen and oxygen atoms in total. The Morgan fingerprint density at radius 1 is 0.892 bits per heavy atom. The third-order valence-corrected chi connectivity index (χ3v) is 7.49. The number of nitrogens with zero attached hydrogens (tertiary/aromatic N) is 2. The molecule has 2 aliphatic heterocycles. The number of carbonyl (C=O) groups is 2. The first kappa shape index (κ1) is 27.2. The van der Waals surface area contributed by atoms with Crippen LogP contribution in [0.3, 0.4) is 0 Å². The van der Waals surface area contributed by atoms with Crippen LogP contribution in [0.5, 0.6) is 0 Å². The summed E-state index contributed by atoms with van der Waals surface area (Å²) in [4.78, 5) is 30.8. The highest BCUT2D eigenvalue weighted by atomic mass is 16.6. The van der Waals surface area contributed by atoms with Crippen LogP contribution in [-0.2, 0) is 27.4 Å². The van der Waals surface area contributed by atoms with Crippen LogP contribution < -0.4 is 0 Å². The van der Waals surface area contributed by atoms with Gasteiger partial charge in [0.2, 0.25) is 0 Å².